The van der Waals surface area contributed by atoms with Crippen molar-refractivity contribution >= 4 is 5.91 Å². The Balaban J connectivity index is 3.60. The van der Waals surface area contributed by atoms with Crippen LogP contribution in [0.15, 0.2) is 0 Å². The summed E-state index contributed by atoms with van der Waals surface area (Å²) in [6, 6.07) is 0. The molecule has 0 heterocycles. The van der Waals surface area contributed by atoms with Gasteiger partial charge in [0.15, 0.2) is 0 Å². The second-order valence-electron chi connectivity index (χ2n) is 4.15. The second kappa shape index (κ2) is 7.65. The van der Waals surface area contributed by atoms with Crippen LogP contribution in [0, 0.1) is 0 Å². The molecule has 15 heavy (non-hydrogen) atoms. The zero-order chi connectivity index (χ0) is 11.7. The molecule has 0 fully saturated rings. The molecule has 2 N–H and O–H groups in total. The third kappa shape index (κ3) is 8.39. The molecule has 0 atom stereocenters. The van der Waals surface area contributed by atoms with Crippen LogP contribution >= 0.6 is 0 Å². The van der Waals surface area contributed by atoms with Gasteiger partial charge in [-0.1, -0.05) is 6.92 Å². The molecular formula is C11H24N2O2. The van der Waals surface area contributed by atoms with Gasteiger partial charge in [-0.25, -0.2) is 0 Å². The summed E-state index contributed by atoms with van der Waals surface area (Å²) in [6.45, 7) is 10.4. The van der Waals surface area contributed by atoms with Gasteiger partial charge in [0.1, 0.15) is 0 Å². The Hall–Kier alpha value is -0.610. The molecule has 0 saturated heterocycles. The standard InChI is InChI=1S/C11H24N2O2/c1-5-7-12-8-10(14)13-9-11(3,4)15-6-2/h12H,5-9H2,1-4H3,(H,13,14). The van der Waals surface area contributed by atoms with Crippen LogP contribution < -0.4 is 10.6 Å². The first kappa shape index (κ1) is 14.4. The first-order valence-corrected chi connectivity index (χ1v) is 5.63. The highest BCUT2D eigenvalue weighted by Crippen LogP contribution is 2.06. The second-order valence-corrected chi connectivity index (χ2v) is 4.15. The van der Waals surface area contributed by atoms with Gasteiger partial charge in [0.2, 0.25) is 5.91 Å². The van der Waals surface area contributed by atoms with Crippen LogP contribution in [0.1, 0.15) is 34.1 Å². The topological polar surface area (TPSA) is 50.4 Å². The monoisotopic (exact) mass is 216 g/mol. The van der Waals surface area contributed by atoms with Gasteiger partial charge >= 0.3 is 0 Å². The summed E-state index contributed by atoms with van der Waals surface area (Å²) in [5.74, 6) is 0.0243. The zero-order valence-electron chi connectivity index (χ0n) is 10.4. The fourth-order valence-corrected chi connectivity index (χ4v) is 1.19. The van der Waals surface area contributed by atoms with Crippen LogP contribution in [-0.2, 0) is 9.53 Å². The average molecular weight is 216 g/mol. The van der Waals surface area contributed by atoms with Crippen molar-refractivity contribution < 1.29 is 9.53 Å². The first-order chi connectivity index (χ1) is 7.02. The molecule has 0 aromatic heterocycles. The quantitative estimate of drug-likeness (QED) is 0.593. The highest BCUT2D eigenvalue weighted by atomic mass is 16.5. The molecule has 0 rings (SSSR count). The number of carbonyl (C=O) groups is 1. The van der Waals surface area contributed by atoms with E-state index in [2.05, 4.69) is 17.6 Å². The number of amides is 1. The number of hydrogen-bond acceptors (Lipinski definition) is 3. The highest BCUT2D eigenvalue weighted by molar-refractivity contribution is 5.78. The molecule has 0 unspecified atom stereocenters. The van der Waals surface area contributed by atoms with Gasteiger partial charge in [0.25, 0.3) is 0 Å². The Morgan fingerprint density at radius 3 is 2.53 bits per heavy atom. The summed E-state index contributed by atoms with van der Waals surface area (Å²) in [7, 11) is 0. The molecule has 4 nitrogen and oxygen atoms in total. The minimum Gasteiger partial charge on any atom is -0.374 e. The summed E-state index contributed by atoms with van der Waals surface area (Å²) in [5, 5.41) is 5.89. The number of ether oxygens (including phenoxy) is 1. The van der Waals surface area contributed by atoms with Gasteiger partial charge in [-0.15, -0.1) is 0 Å². The molecule has 1 amide bonds. The van der Waals surface area contributed by atoms with Crippen molar-refractivity contribution in [3.63, 3.8) is 0 Å². The van der Waals surface area contributed by atoms with E-state index in [0.29, 0.717) is 19.7 Å². The molecule has 0 aliphatic heterocycles. The van der Waals surface area contributed by atoms with E-state index >= 15 is 0 Å². The molecule has 0 saturated carbocycles. The van der Waals surface area contributed by atoms with Gasteiger partial charge in [-0.05, 0) is 33.7 Å². The zero-order valence-corrected chi connectivity index (χ0v) is 10.4. The van der Waals surface area contributed by atoms with E-state index < -0.39 is 0 Å². The van der Waals surface area contributed by atoms with E-state index in [9.17, 15) is 4.79 Å². The smallest absolute Gasteiger partial charge is 0.234 e. The fourth-order valence-electron chi connectivity index (χ4n) is 1.19. The van der Waals surface area contributed by atoms with Crippen molar-refractivity contribution in [2.75, 3.05) is 26.2 Å². The Bertz CT molecular complexity index is 181. The van der Waals surface area contributed by atoms with Gasteiger partial charge < -0.3 is 15.4 Å². The highest BCUT2D eigenvalue weighted by Gasteiger charge is 2.18. The average Bonchev–Trinajstić information content (AvgIpc) is 2.15. The summed E-state index contributed by atoms with van der Waals surface area (Å²) in [6.07, 6.45) is 1.04. The predicted molar refractivity (Wildman–Crippen MR) is 61.9 cm³/mol. The van der Waals surface area contributed by atoms with Crippen LogP contribution in [0.2, 0.25) is 0 Å². The van der Waals surface area contributed by atoms with Gasteiger partial charge in [-0.2, -0.15) is 0 Å². The van der Waals surface area contributed by atoms with Crippen LogP contribution in [-0.4, -0.2) is 37.7 Å². The number of nitrogens with one attached hydrogen (secondary N) is 2. The van der Waals surface area contributed by atoms with Crippen LogP contribution in [0.3, 0.4) is 0 Å². The van der Waals surface area contributed by atoms with Gasteiger partial charge in [0.05, 0.1) is 12.1 Å². The van der Waals surface area contributed by atoms with E-state index in [4.69, 9.17) is 4.74 Å². The van der Waals surface area contributed by atoms with Crippen molar-refractivity contribution in [3.05, 3.63) is 0 Å². The molecule has 0 aliphatic rings. The Morgan fingerprint density at radius 2 is 2.00 bits per heavy atom. The van der Waals surface area contributed by atoms with Crippen molar-refractivity contribution in [1.29, 1.82) is 0 Å². The molecule has 90 valence electrons. The maximum absolute atomic E-state index is 11.3. The van der Waals surface area contributed by atoms with Crippen molar-refractivity contribution in [1.82, 2.24) is 10.6 Å². The van der Waals surface area contributed by atoms with Crippen molar-refractivity contribution in [2.24, 2.45) is 0 Å². The van der Waals surface area contributed by atoms with Crippen LogP contribution in [0.4, 0.5) is 0 Å². The molecule has 0 aromatic rings. The Kier molecular flexibility index (Phi) is 7.34. The third-order valence-corrected chi connectivity index (χ3v) is 1.96. The lowest BCUT2D eigenvalue weighted by atomic mass is 10.1. The van der Waals surface area contributed by atoms with E-state index in [1.807, 2.05) is 20.8 Å². The van der Waals surface area contributed by atoms with E-state index in [1.165, 1.54) is 0 Å². The minimum atomic E-state index is -0.283. The van der Waals surface area contributed by atoms with E-state index in [1.54, 1.807) is 0 Å². The van der Waals surface area contributed by atoms with Crippen molar-refractivity contribution in [3.8, 4) is 0 Å². The molecular weight excluding hydrogens is 192 g/mol. The largest absolute Gasteiger partial charge is 0.374 e. The maximum atomic E-state index is 11.3. The van der Waals surface area contributed by atoms with Crippen LogP contribution in [0.5, 0.6) is 0 Å². The molecule has 0 aliphatic carbocycles. The predicted octanol–water partition coefficient (Wildman–Crippen LogP) is 0.917. The van der Waals surface area contributed by atoms with Gasteiger partial charge in [0, 0.05) is 13.2 Å². The summed E-state index contributed by atoms with van der Waals surface area (Å²) in [5.41, 5.74) is -0.283. The lowest BCUT2D eigenvalue weighted by molar-refractivity contribution is -0.121. The van der Waals surface area contributed by atoms with Crippen molar-refractivity contribution in [2.45, 2.75) is 39.7 Å². The number of carbonyl (C=O) groups excluding carboxylic acids is 1. The number of hydrogen-bond donors (Lipinski definition) is 2. The molecule has 0 bridgehead atoms. The normalized spacial score (nSPS) is 11.5. The molecule has 0 radical (unpaired) electrons. The lowest BCUT2D eigenvalue weighted by Crippen LogP contribution is -2.43. The number of rotatable bonds is 8. The Morgan fingerprint density at radius 1 is 1.33 bits per heavy atom. The third-order valence-electron chi connectivity index (χ3n) is 1.96. The molecule has 4 heteroatoms. The van der Waals surface area contributed by atoms with Gasteiger partial charge in [-0.3, -0.25) is 4.79 Å². The summed E-state index contributed by atoms with van der Waals surface area (Å²) in [4.78, 5) is 11.3. The maximum Gasteiger partial charge on any atom is 0.234 e. The van der Waals surface area contributed by atoms with E-state index in [-0.39, 0.29) is 11.5 Å². The first-order valence-electron chi connectivity index (χ1n) is 5.63. The van der Waals surface area contributed by atoms with Crippen LogP contribution in [0.25, 0.3) is 0 Å². The minimum absolute atomic E-state index is 0.0243. The molecule has 0 aromatic carbocycles. The fraction of sp³-hybridized carbons (Fsp3) is 0.909. The summed E-state index contributed by atoms with van der Waals surface area (Å²) >= 11 is 0. The molecule has 0 spiro atoms. The SMILES string of the molecule is CCCNCC(=O)NCC(C)(C)OCC. The van der Waals surface area contributed by atoms with E-state index in [0.717, 1.165) is 13.0 Å². The lowest BCUT2D eigenvalue weighted by Gasteiger charge is -2.24. The summed E-state index contributed by atoms with van der Waals surface area (Å²) < 4.78 is 5.47. The Labute approximate surface area is 92.8 Å².